The summed E-state index contributed by atoms with van der Waals surface area (Å²) in [4.78, 5) is 21.2. The molecule has 0 aliphatic heterocycles. The van der Waals surface area contributed by atoms with E-state index in [0.29, 0.717) is 5.69 Å². The zero-order chi connectivity index (χ0) is 12.1. The number of carbonyl (C=O) groups is 2. The van der Waals surface area contributed by atoms with Gasteiger partial charge in [-0.2, -0.15) is 0 Å². The number of hydrogen-bond acceptors (Lipinski definition) is 2. The second kappa shape index (κ2) is 5.11. The van der Waals surface area contributed by atoms with Crippen molar-refractivity contribution >= 4 is 23.6 Å². The second-order valence-electron chi connectivity index (χ2n) is 3.42. The van der Waals surface area contributed by atoms with Crippen LogP contribution in [0.4, 0.5) is 5.69 Å². The van der Waals surface area contributed by atoms with E-state index in [4.69, 9.17) is 5.11 Å². The average Bonchev–Trinajstić information content (AvgIpc) is 2.18. The van der Waals surface area contributed by atoms with Crippen LogP contribution in [0.3, 0.4) is 0 Å². The first kappa shape index (κ1) is 12.0. The van der Waals surface area contributed by atoms with Gasteiger partial charge in [0.2, 0.25) is 5.91 Å². The van der Waals surface area contributed by atoms with Crippen LogP contribution in [0, 0.1) is 6.92 Å². The fourth-order valence-electron chi connectivity index (χ4n) is 1.26. The van der Waals surface area contributed by atoms with Crippen molar-refractivity contribution in [3.8, 4) is 0 Å². The van der Waals surface area contributed by atoms with Gasteiger partial charge in [0.15, 0.2) is 0 Å². The Kier molecular flexibility index (Phi) is 3.83. The van der Waals surface area contributed by atoms with Crippen molar-refractivity contribution in [3.05, 3.63) is 35.4 Å². The molecule has 0 heterocycles. The first-order valence-corrected chi connectivity index (χ1v) is 4.78. The van der Waals surface area contributed by atoms with E-state index in [2.05, 4.69) is 5.32 Å². The summed E-state index contributed by atoms with van der Waals surface area (Å²) in [6, 6.07) is 5.33. The summed E-state index contributed by atoms with van der Waals surface area (Å²) in [5.74, 6) is -1.15. The smallest absolute Gasteiger partial charge is 0.328 e. The summed E-state index contributed by atoms with van der Waals surface area (Å²) in [5, 5.41) is 11.2. The third-order valence-corrected chi connectivity index (χ3v) is 2.01. The van der Waals surface area contributed by atoms with Gasteiger partial charge in [0.1, 0.15) is 0 Å². The van der Waals surface area contributed by atoms with Gasteiger partial charge in [-0.15, -0.1) is 0 Å². The maximum Gasteiger partial charge on any atom is 0.328 e. The van der Waals surface area contributed by atoms with E-state index in [1.54, 1.807) is 12.1 Å². The number of benzene rings is 1. The normalized spacial score (nSPS) is 10.4. The minimum Gasteiger partial charge on any atom is -0.478 e. The second-order valence-corrected chi connectivity index (χ2v) is 3.42. The lowest BCUT2D eigenvalue weighted by molar-refractivity contribution is -0.131. The van der Waals surface area contributed by atoms with Gasteiger partial charge in [0.25, 0.3) is 0 Å². The average molecular weight is 219 g/mol. The molecule has 0 aliphatic rings. The minimum absolute atomic E-state index is 0.156. The summed E-state index contributed by atoms with van der Waals surface area (Å²) in [7, 11) is 0. The Morgan fingerprint density at radius 3 is 2.62 bits per heavy atom. The summed E-state index contributed by atoms with van der Waals surface area (Å²) in [6.07, 6.45) is 2.57. The van der Waals surface area contributed by atoms with Crippen molar-refractivity contribution in [3.63, 3.8) is 0 Å². The predicted molar refractivity (Wildman–Crippen MR) is 62.2 cm³/mol. The number of carboxylic acids is 1. The standard InChI is InChI=1S/C12H13NO3/c1-8-3-5-11(13-9(2)14)7-10(8)4-6-12(15)16/h3-7H,1-2H3,(H,13,14)(H,15,16). The quantitative estimate of drug-likeness (QED) is 0.764. The van der Waals surface area contributed by atoms with Crippen LogP contribution in [0.15, 0.2) is 24.3 Å². The lowest BCUT2D eigenvalue weighted by Crippen LogP contribution is -2.05. The molecule has 0 spiro atoms. The number of amides is 1. The Morgan fingerprint density at radius 2 is 2.06 bits per heavy atom. The number of aliphatic carboxylic acids is 1. The number of anilines is 1. The van der Waals surface area contributed by atoms with Crippen LogP contribution in [0.1, 0.15) is 18.1 Å². The topological polar surface area (TPSA) is 66.4 Å². The predicted octanol–water partition coefficient (Wildman–Crippen LogP) is 2.05. The van der Waals surface area contributed by atoms with Crippen molar-refractivity contribution in [2.45, 2.75) is 13.8 Å². The molecule has 4 nitrogen and oxygen atoms in total. The van der Waals surface area contributed by atoms with Gasteiger partial charge in [-0.3, -0.25) is 4.79 Å². The van der Waals surface area contributed by atoms with Crippen molar-refractivity contribution in [1.29, 1.82) is 0 Å². The number of aryl methyl sites for hydroxylation is 1. The zero-order valence-corrected chi connectivity index (χ0v) is 9.15. The van der Waals surface area contributed by atoms with Gasteiger partial charge in [0.05, 0.1) is 0 Å². The van der Waals surface area contributed by atoms with Crippen LogP contribution >= 0.6 is 0 Å². The van der Waals surface area contributed by atoms with Crippen LogP contribution in [-0.4, -0.2) is 17.0 Å². The van der Waals surface area contributed by atoms with Crippen molar-refractivity contribution in [1.82, 2.24) is 0 Å². The lowest BCUT2D eigenvalue weighted by Gasteiger charge is -2.05. The van der Waals surface area contributed by atoms with Gasteiger partial charge < -0.3 is 10.4 Å². The Balaban J connectivity index is 2.99. The molecule has 0 atom stereocenters. The van der Waals surface area contributed by atoms with Crippen LogP contribution < -0.4 is 5.32 Å². The summed E-state index contributed by atoms with van der Waals surface area (Å²) in [6.45, 7) is 3.30. The van der Waals surface area contributed by atoms with Gasteiger partial charge >= 0.3 is 5.97 Å². The van der Waals surface area contributed by atoms with Gasteiger partial charge in [0, 0.05) is 18.7 Å². The molecule has 0 bridgehead atoms. The largest absolute Gasteiger partial charge is 0.478 e. The molecule has 16 heavy (non-hydrogen) atoms. The molecule has 0 radical (unpaired) electrons. The van der Waals surface area contributed by atoms with Crippen molar-refractivity contribution < 1.29 is 14.7 Å². The van der Waals surface area contributed by atoms with E-state index in [0.717, 1.165) is 17.2 Å². The molecule has 1 aromatic rings. The molecule has 0 saturated carbocycles. The molecular weight excluding hydrogens is 206 g/mol. The van der Waals surface area contributed by atoms with Gasteiger partial charge in [-0.25, -0.2) is 4.79 Å². The number of nitrogens with one attached hydrogen (secondary N) is 1. The highest BCUT2D eigenvalue weighted by molar-refractivity contribution is 5.90. The molecular formula is C12H13NO3. The molecule has 1 rings (SSSR count). The minimum atomic E-state index is -0.996. The van der Waals surface area contributed by atoms with Crippen molar-refractivity contribution in [2.75, 3.05) is 5.32 Å². The zero-order valence-electron chi connectivity index (χ0n) is 9.15. The van der Waals surface area contributed by atoms with E-state index in [1.807, 2.05) is 13.0 Å². The molecule has 0 saturated heterocycles. The number of hydrogen-bond donors (Lipinski definition) is 2. The molecule has 1 amide bonds. The molecule has 0 aromatic heterocycles. The van der Waals surface area contributed by atoms with Gasteiger partial charge in [-0.05, 0) is 36.3 Å². The van der Waals surface area contributed by atoms with Crippen molar-refractivity contribution in [2.24, 2.45) is 0 Å². The van der Waals surface area contributed by atoms with E-state index in [-0.39, 0.29) is 5.91 Å². The molecule has 0 aliphatic carbocycles. The highest BCUT2D eigenvalue weighted by atomic mass is 16.4. The number of carbonyl (C=O) groups excluding carboxylic acids is 1. The maximum atomic E-state index is 10.9. The Bertz CT molecular complexity index is 450. The fourth-order valence-corrected chi connectivity index (χ4v) is 1.26. The summed E-state index contributed by atoms with van der Waals surface area (Å²) >= 11 is 0. The van der Waals surface area contributed by atoms with E-state index in [9.17, 15) is 9.59 Å². The third kappa shape index (κ3) is 3.57. The monoisotopic (exact) mass is 219 g/mol. The summed E-state index contributed by atoms with van der Waals surface area (Å²) < 4.78 is 0. The highest BCUT2D eigenvalue weighted by Crippen LogP contribution is 2.16. The maximum absolute atomic E-state index is 10.9. The van der Waals surface area contributed by atoms with E-state index >= 15 is 0 Å². The van der Waals surface area contributed by atoms with Crippen LogP contribution in [0.2, 0.25) is 0 Å². The Hall–Kier alpha value is -2.10. The van der Waals surface area contributed by atoms with E-state index < -0.39 is 5.97 Å². The first-order chi connectivity index (χ1) is 7.49. The molecule has 4 heteroatoms. The fraction of sp³-hybridized carbons (Fsp3) is 0.167. The molecule has 84 valence electrons. The molecule has 0 fully saturated rings. The highest BCUT2D eigenvalue weighted by Gasteiger charge is 1.99. The third-order valence-electron chi connectivity index (χ3n) is 2.01. The SMILES string of the molecule is CC(=O)Nc1ccc(C)c(C=CC(=O)O)c1. The van der Waals surface area contributed by atoms with Crippen LogP contribution in [0.25, 0.3) is 6.08 Å². The Morgan fingerprint density at radius 1 is 1.38 bits per heavy atom. The number of carboxylic acid groups (broad SMARTS) is 1. The van der Waals surface area contributed by atoms with Gasteiger partial charge in [-0.1, -0.05) is 6.07 Å². The van der Waals surface area contributed by atoms with E-state index in [1.165, 1.54) is 13.0 Å². The van der Waals surface area contributed by atoms with Crippen LogP contribution in [0.5, 0.6) is 0 Å². The van der Waals surface area contributed by atoms with Crippen LogP contribution in [-0.2, 0) is 9.59 Å². The molecule has 1 aromatic carbocycles. The lowest BCUT2D eigenvalue weighted by atomic mass is 10.1. The number of rotatable bonds is 3. The molecule has 0 unspecified atom stereocenters. The summed E-state index contributed by atoms with van der Waals surface area (Å²) in [5.41, 5.74) is 2.38. The Labute approximate surface area is 93.6 Å². The molecule has 2 N–H and O–H groups in total. The first-order valence-electron chi connectivity index (χ1n) is 4.78.